The lowest BCUT2D eigenvalue weighted by atomic mass is 9.98. The minimum atomic E-state index is 0.710. The molecule has 2 aromatic rings. The molecule has 0 unspecified atom stereocenters. The van der Waals surface area contributed by atoms with Crippen LogP contribution in [0.5, 0.6) is 0 Å². The van der Waals surface area contributed by atoms with E-state index in [-0.39, 0.29) is 0 Å². The maximum Gasteiger partial charge on any atom is 0.240 e. The normalized spacial score (nSPS) is 8.32. The van der Waals surface area contributed by atoms with Gasteiger partial charge in [-0.1, -0.05) is 84.4 Å². The molecule has 0 amide bonds. The standard InChI is InChI=1S/C16H15NO.C3H8.2C2H6/c1-12-8-13(2)16(17-11-18)10-15(12)9-14-6-4-3-5-7-14;1-3-2;2*1-2/h3-8,10H,9H2,1-2H3;3H2,1-2H3;2*1-2H3. The molecule has 0 bridgehead atoms. The molecule has 0 aliphatic rings. The van der Waals surface area contributed by atoms with Gasteiger partial charge in [-0.05, 0) is 48.6 Å². The molecule has 2 rings (SSSR count). The highest BCUT2D eigenvalue weighted by molar-refractivity contribution is 5.56. The van der Waals surface area contributed by atoms with Gasteiger partial charge in [0.05, 0.1) is 5.69 Å². The van der Waals surface area contributed by atoms with Gasteiger partial charge in [-0.3, -0.25) is 0 Å². The Morgan fingerprint density at radius 3 is 1.88 bits per heavy atom. The Kier molecular flexibility index (Phi) is 16.7. The first-order valence-electron chi connectivity index (χ1n) is 9.34. The van der Waals surface area contributed by atoms with Crippen molar-refractivity contribution in [3.05, 3.63) is 64.7 Å². The highest BCUT2D eigenvalue weighted by Gasteiger charge is 2.05. The summed E-state index contributed by atoms with van der Waals surface area (Å²) in [7, 11) is 0. The SMILES string of the molecule is CC.CC.CCC.Cc1cc(C)c(N=C=O)cc1Cc1ccccc1. The molecular formula is C23H35NO. The van der Waals surface area contributed by atoms with Crippen LogP contribution >= 0.6 is 0 Å². The van der Waals surface area contributed by atoms with Crippen LogP contribution in [0.2, 0.25) is 0 Å². The van der Waals surface area contributed by atoms with Gasteiger partial charge in [0.1, 0.15) is 0 Å². The minimum Gasteiger partial charge on any atom is -0.211 e. The van der Waals surface area contributed by atoms with E-state index in [1.165, 1.54) is 23.1 Å². The van der Waals surface area contributed by atoms with Gasteiger partial charge < -0.3 is 0 Å². The summed E-state index contributed by atoms with van der Waals surface area (Å²) >= 11 is 0. The molecule has 138 valence electrons. The monoisotopic (exact) mass is 341 g/mol. The van der Waals surface area contributed by atoms with Crippen molar-refractivity contribution in [3.63, 3.8) is 0 Å². The Morgan fingerprint density at radius 2 is 1.40 bits per heavy atom. The molecule has 0 saturated heterocycles. The number of hydrogen-bond donors (Lipinski definition) is 0. The van der Waals surface area contributed by atoms with Crippen LogP contribution in [-0.4, -0.2) is 6.08 Å². The van der Waals surface area contributed by atoms with Crippen molar-refractivity contribution in [2.24, 2.45) is 4.99 Å². The van der Waals surface area contributed by atoms with Gasteiger partial charge in [-0.25, -0.2) is 4.79 Å². The molecule has 25 heavy (non-hydrogen) atoms. The lowest BCUT2D eigenvalue weighted by molar-refractivity contribution is 0.565. The first-order valence-corrected chi connectivity index (χ1v) is 9.34. The zero-order valence-corrected chi connectivity index (χ0v) is 17.3. The maximum atomic E-state index is 10.4. The predicted molar refractivity (Wildman–Crippen MR) is 112 cm³/mol. The van der Waals surface area contributed by atoms with Crippen LogP contribution in [0, 0.1) is 13.8 Å². The molecule has 0 radical (unpaired) electrons. The maximum absolute atomic E-state index is 10.4. The van der Waals surface area contributed by atoms with Crippen LogP contribution in [0.3, 0.4) is 0 Å². The van der Waals surface area contributed by atoms with E-state index in [1.54, 1.807) is 6.08 Å². The summed E-state index contributed by atoms with van der Waals surface area (Å²) in [6.07, 6.45) is 3.72. The summed E-state index contributed by atoms with van der Waals surface area (Å²) < 4.78 is 0. The fraction of sp³-hybridized carbons (Fsp3) is 0.435. The largest absolute Gasteiger partial charge is 0.240 e. The topological polar surface area (TPSA) is 29.4 Å². The van der Waals surface area contributed by atoms with Gasteiger partial charge in [0.25, 0.3) is 0 Å². The van der Waals surface area contributed by atoms with Crippen molar-refractivity contribution in [2.45, 2.75) is 68.2 Å². The molecule has 0 heterocycles. The highest BCUT2D eigenvalue weighted by atomic mass is 16.1. The lowest BCUT2D eigenvalue weighted by Crippen LogP contribution is -1.93. The quantitative estimate of drug-likeness (QED) is 0.424. The summed E-state index contributed by atoms with van der Waals surface area (Å²) in [6, 6.07) is 14.3. The van der Waals surface area contributed by atoms with Gasteiger partial charge in [-0.2, -0.15) is 4.99 Å². The van der Waals surface area contributed by atoms with E-state index in [1.807, 2.05) is 58.9 Å². The molecule has 0 aliphatic heterocycles. The average molecular weight is 342 g/mol. The number of rotatable bonds is 3. The van der Waals surface area contributed by atoms with E-state index in [4.69, 9.17) is 0 Å². The second kappa shape index (κ2) is 16.7. The van der Waals surface area contributed by atoms with Crippen LogP contribution in [-0.2, 0) is 11.2 Å². The van der Waals surface area contributed by atoms with Crippen LogP contribution in [0.4, 0.5) is 5.69 Å². The number of hydrogen-bond acceptors (Lipinski definition) is 2. The number of aliphatic imine (C=N–C) groups is 1. The first kappa shape index (κ1) is 25.1. The Morgan fingerprint density at radius 1 is 0.880 bits per heavy atom. The van der Waals surface area contributed by atoms with Crippen LogP contribution in [0.25, 0.3) is 0 Å². The van der Waals surface area contributed by atoms with Gasteiger partial charge in [0, 0.05) is 0 Å². The van der Waals surface area contributed by atoms with Crippen molar-refractivity contribution in [1.82, 2.24) is 0 Å². The van der Waals surface area contributed by atoms with E-state index in [0.29, 0.717) is 5.69 Å². The number of benzene rings is 2. The predicted octanol–water partition coefficient (Wildman–Crippen LogP) is 7.33. The highest BCUT2D eigenvalue weighted by Crippen LogP contribution is 2.24. The van der Waals surface area contributed by atoms with Crippen molar-refractivity contribution >= 4 is 11.8 Å². The van der Waals surface area contributed by atoms with E-state index >= 15 is 0 Å². The zero-order valence-electron chi connectivity index (χ0n) is 17.3. The minimum absolute atomic E-state index is 0.710. The number of nitrogens with zero attached hydrogens (tertiary/aromatic N) is 1. The molecule has 0 spiro atoms. The third-order valence-electron chi connectivity index (χ3n) is 3.06. The van der Waals surface area contributed by atoms with Gasteiger partial charge in [0.2, 0.25) is 6.08 Å². The van der Waals surface area contributed by atoms with Crippen molar-refractivity contribution in [1.29, 1.82) is 0 Å². The van der Waals surface area contributed by atoms with E-state index in [0.717, 1.165) is 12.0 Å². The van der Waals surface area contributed by atoms with Crippen molar-refractivity contribution in [3.8, 4) is 0 Å². The molecule has 0 atom stereocenters. The average Bonchev–Trinajstić information content (AvgIpc) is 2.64. The van der Waals surface area contributed by atoms with Crippen LogP contribution < -0.4 is 0 Å². The second-order valence-corrected chi connectivity index (χ2v) is 5.14. The molecule has 0 aromatic heterocycles. The molecule has 2 aromatic carbocycles. The third-order valence-corrected chi connectivity index (χ3v) is 3.06. The van der Waals surface area contributed by atoms with Crippen molar-refractivity contribution in [2.75, 3.05) is 0 Å². The molecule has 0 saturated carbocycles. The summed E-state index contributed by atoms with van der Waals surface area (Å²) in [5, 5.41) is 0. The lowest BCUT2D eigenvalue weighted by Gasteiger charge is -2.09. The Labute approximate surface area is 155 Å². The number of carbonyl (C=O) groups excluding carboxylic acids is 1. The van der Waals surface area contributed by atoms with Gasteiger partial charge >= 0.3 is 0 Å². The molecule has 2 heteroatoms. The third kappa shape index (κ3) is 10.3. The molecule has 0 aliphatic carbocycles. The molecule has 2 nitrogen and oxygen atoms in total. The Bertz CT molecular complexity index is 611. The Hall–Kier alpha value is -2.18. The zero-order chi connectivity index (χ0) is 19.7. The summed E-state index contributed by atoms with van der Waals surface area (Å²) in [4.78, 5) is 14.1. The van der Waals surface area contributed by atoms with Gasteiger partial charge in [0.15, 0.2) is 0 Å². The summed E-state index contributed by atoms with van der Waals surface area (Å²) in [6.45, 7) is 16.3. The van der Waals surface area contributed by atoms with E-state index < -0.39 is 0 Å². The smallest absolute Gasteiger partial charge is 0.211 e. The van der Waals surface area contributed by atoms with E-state index in [9.17, 15) is 4.79 Å². The van der Waals surface area contributed by atoms with Crippen LogP contribution in [0.15, 0.2) is 47.5 Å². The van der Waals surface area contributed by atoms with Gasteiger partial charge in [-0.15, -0.1) is 0 Å². The van der Waals surface area contributed by atoms with E-state index in [2.05, 4.69) is 44.0 Å². The molecular weight excluding hydrogens is 306 g/mol. The Balaban J connectivity index is 0. The fourth-order valence-electron chi connectivity index (χ4n) is 2.06. The molecule has 0 N–H and O–H groups in total. The molecule has 0 fully saturated rings. The number of isocyanates is 1. The van der Waals surface area contributed by atoms with Crippen LogP contribution in [0.1, 0.15) is 70.2 Å². The number of aryl methyl sites for hydroxylation is 2. The second-order valence-electron chi connectivity index (χ2n) is 5.14. The van der Waals surface area contributed by atoms with Crippen molar-refractivity contribution < 1.29 is 4.79 Å². The first-order chi connectivity index (χ1) is 12.1. The summed E-state index contributed by atoms with van der Waals surface area (Å²) in [5.41, 5.74) is 5.39. The fourth-order valence-corrected chi connectivity index (χ4v) is 2.06. The summed E-state index contributed by atoms with van der Waals surface area (Å²) in [5.74, 6) is 0.